The van der Waals surface area contributed by atoms with Gasteiger partial charge in [0, 0.05) is 5.56 Å². The Balaban J connectivity index is 2.30. The van der Waals surface area contributed by atoms with Crippen molar-refractivity contribution in [2.45, 2.75) is 19.1 Å². The number of aryl methyl sites for hydroxylation is 1. The minimum Gasteiger partial charge on any atom is -0.496 e. The number of hydrogen-bond donors (Lipinski definition) is 0. The third kappa shape index (κ3) is 2.13. The molecule has 98 valence electrons. The Morgan fingerprint density at radius 1 is 1.17 bits per heavy atom. The molecule has 1 fully saturated rings. The number of carbonyl (C=O) groups excluding carboxylic acids is 1. The molecule has 0 radical (unpaired) electrons. The highest BCUT2D eigenvalue weighted by Crippen LogP contribution is 2.45. The van der Waals surface area contributed by atoms with Crippen LogP contribution in [-0.4, -0.2) is 33.4 Å². The molecule has 0 amide bonds. The maximum atomic E-state index is 11.4. The van der Waals surface area contributed by atoms with Crippen molar-refractivity contribution < 1.29 is 23.7 Å². The van der Waals surface area contributed by atoms with Crippen LogP contribution in [0.3, 0.4) is 0 Å². The minimum atomic E-state index is -0.545. The van der Waals surface area contributed by atoms with Gasteiger partial charge in [0.05, 0.1) is 21.3 Å². The predicted molar refractivity (Wildman–Crippen MR) is 63.9 cm³/mol. The normalized spacial score (nSPS) is 21.3. The van der Waals surface area contributed by atoms with Gasteiger partial charge in [0.1, 0.15) is 17.6 Å². The molecule has 0 spiro atoms. The van der Waals surface area contributed by atoms with E-state index in [1.807, 2.05) is 19.1 Å². The van der Waals surface area contributed by atoms with Crippen LogP contribution in [0.5, 0.6) is 11.5 Å². The van der Waals surface area contributed by atoms with Gasteiger partial charge in [-0.15, -0.1) is 0 Å². The monoisotopic (exact) mass is 252 g/mol. The number of carbonyl (C=O) groups is 1. The number of hydrogen-bond acceptors (Lipinski definition) is 5. The summed E-state index contributed by atoms with van der Waals surface area (Å²) in [5.74, 6) is 1.05. The topological polar surface area (TPSA) is 57.3 Å². The number of epoxide rings is 1. The average molecular weight is 252 g/mol. The van der Waals surface area contributed by atoms with E-state index in [4.69, 9.17) is 14.2 Å². The quantitative estimate of drug-likeness (QED) is 0.602. The van der Waals surface area contributed by atoms with E-state index in [0.717, 1.165) is 16.9 Å². The molecule has 0 N–H and O–H groups in total. The van der Waals surface area contributed by atoms with Gasteiger partial charge in [-0.05, 0) is 24.6 Å². The summed E-state index contributed by atoms with van der Waals surface area (Å²) in [6.07, 6.45) is -0.863. The largest absolute Gasteiger partial charge is 0.496 e. The minimum absolute atomic E-state index is 0.318. The molecule has 5 heteroatoms. The third-order valence-corrected chi connectivity index (χ3v) is 2.98. The van der Waals surface area contributed by atoms with E-state index in [2.05, 4.69) is 4.74 Å². The van der Waals surface area contributed by atoms with E-state index in [9.17, 15) is 4.79 Å². The Kier molecular flexibility index (Phi) is 3.43. The standard InChI is InChI=1S/C13H16O5/c1-7-5-10(16-3)8(6-9(7)15-2)11-12(18-11)13(14)17-4/h5-6,11-12H,1-4H3. The fraction of sp³-hybridized carbons (Fsp3) is 0.462. The van der Waals surface area contributed by atoms with Gasteiger partial charge in [-0.1, -0.05) is 0 Å². The molecule has 2 unspecified atom stereocenters. The number of methoxy groups -OCH3 is 3. The number of rotatable bonds is 4. The molecule has 0 aromatic heterocycles. The Morgan fingerprint density at radius 3 is 2.39 bits per heavy atom. The lowest BCUT2D eigenvalue weighted by Crippen LogP contribution is -2.09. The van der Waals surface area contributed by atoms with Crippen LogP contribution in [0.2, 0.25) is 0 Å². The lowest BCUT2D eigenvalue weighted by molar-refractivity contribution is -0.142. The Hall–Kier alpha value is -1.75. The van der Waals surface area contributed by atoms with Gasteiger partial charge >= 0.3 is 5.97 Å². The maximum absolute atomic E-state index is 11.4. The van der Waals surface area contributed by atoms with Gasteiger partial charge in [-0.3, -0.25) is 0 Å². The molecule has 0 saturated carbocycles. The Morgan fingerprint density at radius 2 is 1.83 bits per heavy atom. The smallest absolute Gasteiger partial charge is 0.338 e. The van der Waals surface area contributed by atoms with Gasteiger partial charge in [0.2, 0.25) is 0 Å². The average Bonchev–Trinajstić information content (AvgIpc) is 3.17. The molecule has 0 aliphatic carbocycles. The second-order valence-electron chi connectivity index (χ2n) is 4.06. The lowest BCUT2D eigenvalue weighted by atomic mass is 10.0. The van der Waals surface area contributed by atoms with E-state index in [1.54, 1.807) is 14.2 Å². The summed E-state index contributed by atoms with van der Waals surface area (Å²) in [7, 11) is 4.53. The van der Waals surface area contributed by atoms with Gasteiger partial charge in [-0.2, -0.15) is 0 Å². The summed E-state index contributed by atoms with van der Waals surface area (Å²) < 4.78 is 20.5. The molecule has 1 aliphatic heterocycles. The summed E-state index contributed by atoms with van der Waals surface area (Å²) in [6.45, 7) is 1.93. The van der Waals surface area contributed by atoms with Crippen LogP contribution in [0, 0.1) is 6.92 Å². The van der Waals surface area contributed by atoms with Crippen LogP contribution < -0.4 is 9.47 Å². The summed E-state index contributed by atoms with van der Waals surface area (Å²) in [4.78, 5) is 11.4. The first-order valence-corrected chi connectivity index (χ1v) is 5.58. The molecule has 18 heavy (non-hydrogen) atoms. The number of benzene rings is 1. The summed E-state index contributed by atoms with van der Waals surface area (Å²) in [6, 6.07) is 3.70. The van der Waals surface area contributed by atoms with Crippen molar-refractivity contribution in [3.8, 4) is 11.5 Å². The van der Waals surface area contributed by atoms with Crippen molar-refractivity contribution in [3.05, 3.63) is 23.3 Å². The fourth-order valence-electron chi connectivity index (χ4n) is 1.94. The van der Waals surface area contributed by atoms with Crippen molar-refractivity contribution in [1.29, 1.82) is 0 Å². The molecule has 0 bridgehead atoms. The van der Waals surface area contributed by atoms with E-state index in [-0.39, 0.29) is 12.1 Å². The molecule has 2 rings (SSSR count). The van der Waals surface area contributed by atoms with Gasteiger partial charge in [0.25, 0.3) is 0 Å². The van der Waals surface area contributed by atoms with Crippen molar-refractivity contribution >= 4 is 5.97 Å². The first-order chi connectivity index (χ1) is 8.62. The molecule has 1 aromatic carbocycles. The van der Waals surface area contributed by atoms with Crippen molar-refractivity contribution in [1.82, 2.24) is 0 Å². The summed E-state index contributed by atoms with van der Waals surface area (Å²) >= 11 is 0. The van der Waals surface area contributed by atoms with Crippen molar-refractivity contribution in [2.24, 2.45) is 0 Å². The molecular weight excluding hydrogens is 236 g/mol. The van der Waals surface area contributed by atoms with E-state index in [1.165, 1.54) is 7.11 Å². The summed E-state index contributed by atoms with van der Waals surface area (Å²) in [5, 5.41) is 0. The van der Waals surface area contributed by atoms with Crippen LogP contribution >= 0.6 is 0 Å². The van der Waals surface area contributed by atoms with E-state index >= 15 is 0 Å². The fourth-order valence-corrected chi connectivity index (χ4v) is 1.94. The first kappa shape index (κ1) is 12.7. The maximum Gasteiger partial charge on any atom is 0.338 e. The van der Waals surface area contributed by atoms with Crippen LogP contribution in [0.25, 0.3) is 0 Å². The van der Waals surface area contributed by atoms with Gasteiger partial charge in [0.15, 0.2) is 6.10 Å². The molecular formula is C13H16O5. The summed E-state index contributed by atoms with van der Waals surface area (Å²) in [5.41, 5.74) is 1.77. The molecule has 2 atom stereocenters. The molecule has 1 saturated heterocycles. The number of esters is 1. The third-order valence-electron chi connectivity index (χ3n) is 2.98. The second kappa shape index (κ2) is 4.86. The predicted octanol–water partition coefficient (Wildman–Crippen LogP) is 1.63. The van der Waals surface area contributed by atoms with E-state index < -0.39 is 6.10 Å². The molecule has 1 aromatic rings. The zero-order valence-corrected chi connectivity index (χ0v) is 10.9. The lowest BCUT2D eigenvalue weighted by Gasteiger charge is -2.11. The van der Waals surface area contributed by atoms with Gasteiger partial charge < -0.3 is 18.9 Å². The zero-order chi connectivity index (χ0) is 13.3. The highest BCUT2D eigenvalue weighted by molar-refractivity contribution is 5.78. The molecule has 5 nitrogen and oxygen atoms in total. The first-order valence-electron chi connectivity index (χ1n) is 5.58. The van der Waals surface area contributed by atoms with Crippen LogP contribution in [0.15, 0.2) is 12.1 Å². The second-order valence-corrected chi connectivity index (χ2v) is 4.06. The number of ether oxygens (including phenoxy) is 4. The van der Waals surface area contributed by atoms with E-state index in [0.29, 0.717) is 5.75 Å². The zero-order valence-electron chi connectivity index (χ0n) is 10.9. The van der Waals surface area contributed by atoms with Crippen LogP contribution in [0.1, 0.15) is 17.2 Å². The van der Waals surface area contributed by atoms with Crippen molar-refractivity contribution in [3.63, 3.8) is 0 Å². The van der Waals surface area contributed by atoms with Gasteiger partial charge in [-0.25, -0.2) is 4.79 Å². The Labute approximate surface area is 106 Å². The Bertz CT molecular complexity index is 469. The molecule has 1 heterocycles. The van der Waals surface area contributed by atoms with Crippen LogP contribution in [0.4, 0.5) is 0 Å². The molecule has 1 aliphatic rings. The SMILES string of the molecule is COC(=O)C1OC1c1cc(OC)c(C)cc1OC. The van der Waals surface area contributed by atoms with Crippen molar-refractivity contribution in [2.75, 3.05) is 21.3 Å². The highest BCUT2D eigenvalue weighted by atomic mass is 16.6. The van der Waals surface area contributed by atoms with Crippen LogP contribution in [-0.2, 0) is 14.3 Å². The highest BCUT2D eigenvalue weighted by Gasteiger charge is 2.48.